The van der Waals surface area contributed by atoms with Crippen LogP contribution in [0.15, 0.2) is 46.9 Å². The molecule has 2 aromatic rings. The number of methoxy groups -OCH3 is 1. The second-order valence-corrected chi connectivity index (χ2v) is 5.32. The topological polar surface area (TPSA) is 47.3 Å². The molecule has 3 nitrogen and oxygen atoms in total. The molecule has 19 heavy (non-hydrogen) atoms. The second kappa shape index (κ2) is 6.19. The Balaban J connectivity index is 2.48. The Morgan fingerprint density at radius 1 is 1.21 bits per heavy atom. The van der Waals surface area contributed by atoms with Gasteiger partial charge in [-0.05, 0) is 24.6 Å². The summed E-state index contributed by atoms with van der Waals surface area (Å²) in [5.74, 6) is 6.54. The number of hydrogen-bond acceptors (Lipinski definition) is 3. The molecule has 1 unspecified atom stereocenters. The van der Waals surface area contributed by atoms with Crippen LogP contribution in [0.3, 0.4) is 0 Å². The van der Waals surface area contributed by atoms with Gasteiger partial charge in [0, 0.05) is 10.0 Å². The lowest BCUT2D eigenvalue weighted by Crippen LogP contribution is -2.29. The Morgan fingerprint density at radius 3 is 2.63 bits per heavy atom. The fraction of sp³-hybridized carbons (Fsp3) is 0.200. The molecule has 0 saturated heterocycles. The molecule has 100 valence electrons. The number of halogens is 1. The molecule has 0 amide bonds. The molecule has 0 aliphatic heterocycles. The van der Waals surface area contributed by atoms with Gasteiger partial charge in [0.1, 0.15) is 5.75 Å². The van der Waals surface area contributed by atoms with Crippen molar-refractivity contribution in [3.05, 3.63) is 63.6 Å². The van der Waals surface area contributed by atoms with Crippen LogP contribution in [0.1, 0.15) is 22.7 Å². The van der Waals surface area contributed by atoms with Crippen molar-refractivity contribution in [2.24, 2.45) is 5.84 Å². The van der Waals surface area contributed by atoms with E-state index >= 15 is 0 Å². The summed E-state index contributed by atoms with van der Waals surface area (Å²) in [7, 11) is 1.66. The molecule has 0 spiro atoms. The van der Waals surface area contributed by atoms with Crippen molar-refractivity contribution in [2.45, 2.75) is 13.0 Å². The van der Waals surface area contributed by atoms with Crippen molar-refractivity contribution in [3.8, 4) is 5.75 Å². The predicted octanol–water partition coefficient (Wildman–Crippen LogP) is 3.32. The lowest BCUT2D eigenvalue weighted by atomic mass is 9.97. The van der Waals surface area contributed by atoms with E-state index in [0.717, 1.165) is 21.3 Å². The van der Waals surface area contributed by atoms with Crippen LogP contribution >= 0.6 is 15.9 Å². The molecule has 0 aromatic heterocycles. The van der Waals surface area contributed by atoms with Crippen LogP contribution in [0.25, 0.3) is 0 Å². The van der Waals surface area contributed by atoms with Crippen LogP contribution in [0.2, 0.25) is 0 Å². The van der Waals surface area contributed by atoms with Crippen LogP contribution in [0.5, 0.6) is 5.75 Å². The van der Waals surface area contributed by atoms with Crippen LogP contribution in [-0.4, -0.2) is 7.11 Å². The summed E-state index contributed by atoms with van der Waals surface area (Å²) in [5, 5.41) is 0. The van der Waals surface area contributed by atoms with E-state index in [-0.39, 0.29) is 6.04 Å². The summed E-state index contributed by atoms with van der Waals surface area (Å²) < 4.78 is 6.41. The number of rotatable bonds is 4. The Kier molecular flexibility index (Phi) is 4.58. The summed E-state index contributed by atoms with van der Waals surface area (Å²) in [6.45, 7) is 2.07. The van der Waals surface area contributed by atoms with E-state index in [0.29, 0.717) is 0 Å². The van der Waals surface area contributed by atoms with Gasteiger partial charge in [0.05, 0.1) is 13.2 Å². The van der Waals surface area contributed by atoms with Crippen molar-refractivity contribution >= 4 is 15.9 Å². The van der Waals surface area contributed by atoms with Gasteiger partial charge < -0.3 is 4.74 Å². The van der Waals surface area contributed by atoms with Crippen LogP contribution in [0.4, 0.5) is 0 Å². The Bertz CT molecular complexity index is 572. The second-order valence-electron chi connectivity index (χ2n) is 4.40. The van der Waals surface area contributed by atoms with Crippen molar-refractivity contribution in [1.29, 1.82) is 0 Å². The third kappa shape index (κ3) is 3.15. The fourth-order valence-electron chi connectivity index (χ4n) is 2.14. The first-order valence-electron chi connectivity index (χ1n) is 6.02. The average molecular weight is 321 g/mol. The minimum atomic E-state index is -0.0945. The smallest absolute Gasteiger partial charge is 0.125 e. The van der Waals surface area contributed by atoms with E-state index in [4.69, 9.17) is 10.6 Å². The predicted molar refractivity (Wildman–Crippen MR) is 81.0 cm³/mol. The maximum atomic E-state index is 5.73. The van der Waals surface area contributed by atoms with E-state index < -0.39 is 0 Å². The zero-order valence-electron chi connectivity index (χ0n) is 11.0. The highest BCUT2D eigenvalue weighted by molar-refractivity contribution is 9.10. The lowest BCUT2D eigenvalue weighted by Gasteiger charge is -2.20. The minimum Gasteiger partial charge on any atom is -0.496 e. The number of nitrogens with one attached hydrogen (secondary N) is 1. The fourth-order valence-corrected chi connectivity index (χ4v) is 2.48. The molecule has 0 fully saturated rings. The maximum absolute atomic E-state index is 5.73. The number of hydrogen-bond donors (Lipinski definition) is 2. The quantitative estimate of drug-likeness (QED) is 0.671. The molecule has 4 heteroatoms. The van der Waals surface area contributed by atoms with E-state index in [1.807, 2.05) is 24.3 Å². The number of aryl methyl sites for hydroxylation is 1. The molecular weight excluding hydrogens is 304 g/mol. The van der Waals surface area contributed by atoms with Crippen LogP contribution in [0, 0.1) is 6.92 Å². The molecule has 1 atom stereocenters. The molecule has 0 aliphatic carbocycles. The molecule has 0 bridgehead atoms. The van der Waals surface area contributed by atoms with Crippen molar-refractivity contribution in [3.63, 3.8) is 0 Å². The normalized spacial score (nSPS) is 12.2. The molecular formula is C15H17BrN2O. The molecule has 3 N–H and O–H groups in total. The van der Waals surface area contributed by atoms with Gasteiger partial charge in [-0.3, -0.25) is 5.84 Å². The summed E-state index contributed by atoms with van der Waals surface area (Å²) in [4.78, 5) is 0. The zero-order valence-corrected chi connectivity index (χ0v) is 12.6. The van der Waals surface area contributed by atoms with E-state index in [1.165, 1.54) is 5.56 Å². The zero-order chi connectivity index (χ0) is 13.8. The Labute approximate surface area is 121 Å². The van der Waals surface area contributed by atoms with Gasteiger partial charge >= 0.3 is 0 Å². The SMILES string of the molecule is COc1cc(Br)ccc1C(NN)c1cccc(C)c1. The molecule has 0 saturated carbocycles. The molecule has 2 rings (SSSR count). The first-order chi connectivity index (χ1) is 9.15. The molecule has 0 heterocycles. The van der Waals surface area contributed by atoms with Crippen LogP contribution < -0.4 is 16.0 Å². The monoisotopic (exact) mass is 320 g/mol. The number of hydrazine groups is 1. The van der Waals surface area contributed by atoms with E-state index in [1.54, 1.807) is 7.11 Å². The Hall–Kier alpha value is -1.36. The summed E-state index contributed by atoms with van der Waals surface area (Å²) in [6.07, 6.45) is 0. The minimum absolute atomic E-state index is 0.0945. The van der Waals surface area contributed by atoms with Crippen LogP contribution in [-0.2, 0) is 0 Å². The lowest BCUT2D eigenvalue weighted by molar-refractivity contribution is 0.404. The van der Waals surface area contributed by atoms with Crippen molar-refractivity contribution < 1.29 is 4.74 Å². The standard InChI is InChI=1S/C15H17BrN2O/c1-10-4-3-5-11(8-10)15(18-17)13-7-6-12(16)9-14(13)19-2/h3-9,15,18H,17H2,1-2H3. The maximum Gasteiger partial charge on any atom is 0.125 e. The molecule has 2 aromatic carbocycles. The number of benzene rings is 2. The summed E-state index contributed by atoms with van der Waals surface area (Å²) >= 11 is 3.44. The summed E-state index contributed by atoms with van der Waals surface area (Å²) in [5.41, 5.74) is 6.19. The highest BCUT2D eigenvalue weighted by Crippen LogP contribution is 2.32. The number of ether oxygens (including phenoxy) is 1. The van der Waals surface area contributed by atoms with Gasteiger partial charge in [0.15, 0.2) is 0 Å². The Morgan fingerprint density at radius 2 is 2.00 bits per heavy atom. The van der Waals surface area contributed by atoms with Gasteiger partial charge in [0.2, 0.25) is 0 Å². The van der Waals surface area contributed by atoms with Gasteiger partial charge in [-0.15, -0.1) is 0 Å². The largest absolute Gasteiger partial charge is 0.496 e. The highest BCUT2D eigenvalue weighted by Gasteiger charge is 2.17. The number of nitrogens with two attached hydrogens (primary N) is 1. The van der Waals surface area contributed by atoms with Crippen molar-refractivity contribution in [2.75, 3.05) is 7.11 Å². The van der Waals surface area contributed by atoms with Gasteiger partial charge in [-0.25, -0.2) is 5.43 Å². The first kappa shape index (κ1) is 14.1. The molecule has 0 radical (unpaired) electrons. The molecule has 0 aliphatic rings. The van der Waals surface area contributed by atoms with Gasteiger partial charge in [-0.2, -0.15) is 0 Å². The average Bonchev–Trinajstić information content (AvgIpc) is 2.41. The van der Waals surface area contributed by atoms with E-state index in [2.05, 4.69) is 46.5 Å². The van der Waals surface area contributed by atoms with E-state index in [9.17, 15) is 0 Å². The van der Waals surface area contributed by atoms with Gasteiger partial charge in [-0.1, -0.05) is 51.8 Å². The van der Waals surface area contributed by atoms with Gasteiger partial charge in [0.25, 0.3) is 0 Å². The third-order valence-electron chi connectivity index (χ3n) is 3.05. The summed E-state index contributed by atoms with van der Waals surface area (Å²) in [6, 6.07) is 14.1. The highest BCUT2D eigenvalue weighted by atomic mass is 79.9. The third-order valence-corrected chi connectivity index (χ3v) is 3.54. The first-order valence-corrected chi connectivity index (χ1v) is 6.81. The van der Waals surface area contributed by atoms with Crippen molar-refractivity contribution in [1.82, 2.24) is 5.43 Å².